The fourth-order valence-corrected chi connectivity index (χ4v) is 6.46. The lowest BCUT2D eigenvalue weighted by Crippen LogP contribution is -2.54. The van der Waals surface area contributed by atoms with Crippen molar-refractivity contribution in [2.24, 2.45) is 5.92 Å². The zero-order valence-electron chi connectivity index (χ0n) is 31.6. The lowest BCUT2D eigenvalue weighted by Gasteiger charge is -2.32. The van der Waals surface area contributed by atoms with Crippen molar-refractivity contribution in [1.29, 1.82) is 0 Å². The number of phenolic OH excluding ortho intramolecular Hbond substituents is 1. The highest BCUT2D eigenvalue weighted by Gasteiger charge is 2.33. The molecule has 0 radical (unpaired) electrons. The topological polar surface area (TPSA) is 184 Å². The van der Waals surface area contributed by atoms with Crippen LogP contribution in [0.1, 0.15) is 34.3 Å². The maximum atomic E-state index is 13.6. The first-order valence-electron chi connectivity index (χ1n) is 18.4. The van der Waals surface area contributed by atoms with Gasteiger partial charge in [-0.2, -0.15) is 11.8 Å². The number of aromatic hydroxyl groups is 1. The molecule has 298 valence electrons. The van der Waals surface area contributed by atoms with Crippen molar-refractivity contribution in [3.63, 3.8) is 0 Å². The molecule has 4 rings (SSSR count). The molecule has 1 heterocycles. The second-order valence-electron chi connectivity index (χ2n) is 13.2. The highest BCUT2D eigenvalue weighted by Crippen LogP contribution is 2.24. The third kappa shape index (κ3) is 14.0. The molecule has 3 aromatic rings. The number of carbonyl (C=O) groups is 5. The van der Waals surface area contributed by atoms with E-state index in [9.17, 15) is 29.1 Å². The molecule has 1 aliphatic heterocycles. The number of ether oxygens (including phenoxy) is 2. The molecule has 0 saturated heterocycles. The number of thioether (sulfide) groups is 1. The Kier molecular flexibility index (Phi) is 17.6. The summed E-state index contributed by atoms with van der Waals surface area (Å²) in [6.07, 6.45) is 6.19. The van der Waals surface area contributed by atoms with Crippen LogP contribution < -0.4 is 26.6 Å². The van der Waals surface area contributed by atoms with Crippen molar-refractivity contribution in [2.45, 2.75) is 56.2 Å². The van der Waals surface area contributed by atoms with Crippen molar-refractivity contribution in [3.8, 4) is 5.75 Å². The number of phenols is 1. The molecular formula is C42H51N5O8S. The standard InChI is InChI=1S/C42H51N5O8S/c1-4-22-54-42-31(26-37(49)45-36(24-28-11-7-5-8-12-28)41(53)46-34(21-23-56-3)39(51)43-2)17-20-33(55-42)27-44-40(52)35(25-29-15-18-32(48)19-16-29)47-38(50)30-13-9-6-10-14-30/h4-20,31,33-36,42,48H,1,21-27H2,2-3H3,(H,43,51)(H,44,52)(H,45,49)(H,46,53)(H,47,50)/t31-,33+,34+,35+,36+,42+/m1/s1. The van der Waals surface area contributed by atoms with Crippen LogP contribution in [-0.4, -0.2) is 97.4 Å². The number of hydrogen-bond donors (Lipinski definition) is 6. The van der Waals surface area contributed by atoms with Crippen LogP contribution in [0, 0.1) is 5.92 Å². The average molecular weight is 786 g/mol. The van der Waals surface area contributed by atoms with E-state index in [0.717, 1.165) is 11.1 Å². The third-order valence-corrected chi connectivity index (χ3v) is 9.61. The van der Waals surface area contributed by atoms with Gasteiger partial charge in [-0.3, -0.25) is 24.0 Å². The normalized spacial score (nSPS) is 17.7. The van der Waals surface area contributed by atoms with Crippen LogP contribution >= 0.6 is 11.8 Å². The fourth-order valence-electron chi connectivity index (χ4n) is 5.99. The van der Waals surface area contributed by atoms with Crippen molar-refractivity contribution in [3.05, 3.63) is 126 Å². The van der Waals surface area contributed by atoms with Crippen LogP contribution in [0.2, 0.25) is 0 Å². The van der Waals surface area contributed by atoms with E-state index in [1.807, 2.05) is 36.6 Å². The Morgan fingerprint density at radius 2 is 1.46 bits per heavy atom. The number of carbonyl (C=O) groups excluding carboxylic acids is 5. The first-order valence-corrected chi connectivity index (χ1v) is 19.8. The maximum Gasteiger partial charge on any atom is 0.251 e. The predicted molar refractivity (Wildman–Crippen MR) is 216 cm³/mol. The summed E-state index contributed by atoms with van der Waals surface area (Å²) < 4.78 is 12.1. The van der Waals surface area contributed by atoms with Crippen LogP contribution in [0.25, 0.3) is 0 Å². The van der Waals surface area contributed by atoms with Gasteiger partial charge in [-0.15, -0.1) is 6.58 Å². The first-order chi connectivity index (χ1) is 27.1. The van der Waals surface area contributed by atoms with Gasteiger partial charge in [0.05, 0.1) is 12.7 Å². The SMILES string of the molecule is C=CCO[C@H]1O[C@H](CNC(=O)[C@H](Cc2ccc(O)cc2)NC(=O)c2ccccc2)C=C[C@@H]1CC(=O)N[C@@H](Cc1ccccc1)C(=O)N[C@@H](CCSC)C(=O)NC. The highest BCUT2D eigenvalue weighted by atomic mass is 32.2. The van der Waals surface area contributed by atoms with Gasteiger partial charge in [-0.05, 0) is 53.8 Å². The van der Waals surface area contributed by atoms with Gasteiger partial charge >= 0.3 is 0 Å². The number of rotatable bonds is 21. The van der Waals surface area contributed by atoms with Crippen LogP contribution in [0.15, 0.2) is 110 Å². The summed E-state index contributed by atoms with van der Waals surface area (Å²) in [6, 6.07) is 21.6. The molecule has 0 bridgehead atoms. The molecule has 0 saturated carbocycles. The van der Waals surface area contributed by atoms with Gasteiger partial charge in [0.2, 0.25) is 23.6 Å². The summed E-state index contributed by atoms with van der Waals surface area (Å²) in [5.41, 5.74) is 1.96. The second-order valence-corrected chi connectivity index (χ2v) is 14.2. The Hall–Kier alpha value is -5.44. The Morgan fingerprint density at radius 1 is 0.821 bits per heavy atom. The van der Waals surface area contributed by atoms with Gasteiger partial charge in [0, 0.05) is 44.3 Å². The monoisotopic (exact) mass is 785 g/mol. The molecule has 14 heteroatoms. The quantitative estimate of drug-likeness (QED) is 0.0885. The number of likely N-dealkylation sites (N-methyl/N-ethyl adjacent to an activating group) is 1. The molecular weight excluding hydrogens is 735 g/mol. The summed E-state index contributed by atoms with van der Waals surface area (Å²) >= 11 is 1.56. The van der Waals surface area contributed by atoms with E-state index in [4.69, 9.17) is 9.47 Å². The average Bonchev–Trinajstić information content (AvgIpc) is 3.21. The Morgan fingerprint density at radius 3 is 2.11 bits per heavy atom. The van der Waals surface area contributed by atoms with E-state index in [2.05, 4.69) is 33.2 Å². The minimum Gasteiger partial charge on any atom is -0.508 e. The Labute approximate surface area is 332 Å². The van der Waals surface area contributed by atoms with Crippen LogP contribution in [0.5, 0.6) is 5.75 Å². The van der Waals surface area contributed by atoms with Crippen molar-refractivity contribution >= 4 is 41.3 Å². The predicted octanol–water partition coefficient (Wildman–Crippen LogP) is 3.05. The molecule has 0 aromatic heterocycles. The van der Waals surface area contributed by atoms with E-state index in [-0.39, 0.29) is 44.1 Å². The van der Waals surface area contributed by atoms with E-state index in [0.29, 0.717) is 17.7 Å². The van der Waals surface area contributed by atoms with Gasteiger partial charge in [0.1, 0.15) is 23.9 Å². The number of benzene rings is 3. The lowest BCUT2D eigenvalue weighted by molar-refractivity contribution is -0.182. The summed E-state index contributed by atoms with van der Waals surface area (Å²) in [5, 5.41) is 23.7. The number of nitrogens with one attached hydrogen (secondary N) is 5. The zero-order chi connectivity index (χ0) is 40.3. The largest absolute Gasteiger partial charge is 0.508 e. The van der Waals surface area contributed by atoms with Gasteiger partial charge < -0.3 is 41.2 Å². The third-order valence-electron chi connectivity index (χ3n) is 8.97. The highest BCUT2D eigenvalue weighted by molar-refractivity contribution is 7.98. The Bertz CT molecular complexity index is 1780. The van der Waals surface area contributed by atoms with Crippen molar-refractivity contribution in [2.75, 3.05) is 32.2 Å². The molecule has 0 aliphatic carbocycles. The molecule has 13 nitrogen and oxygen atoms in total. The van der Waals surface area contributed by atoms with Gasteiger partial charge in [-0.1, -0.05) is 78.9 Å². The van der Waals surface area contributed by atoms with Crippen molar-refractivity contribution < 1.29 is 38.6 Å². The van der Waals surface area contributed by atoms with E-state index in [1.54, 1.807) is 72.5 Å². The molecule has 6 N–H and O–H groups in total. The van der Waals surface area contributed by atoms with Crippen LogP contribution in [-0.2, 0) is 41.5 Å². The van der Waals surface area contributed by atoms with Crippen LogP contribution in [0.4, 0.5) is 0 Å². The second kappa shape index (κ2) is 22.8. The molecule has 0 spiro atoms. The molecule has 3 aromatic carbocycles. The van der Waals surface area contributed by atoms with Crippen LogP contribution in [0.3, 0.4) is 0 Å². The lowest BCUT2D eigenvalue weighted by atomic mass is 9.98. The number of amides is 5. The molecule has 5 amide bonds. The van der Waals surface area contributed by atoms with Gasteiger partial charge in [-0.25, -0.2) is 0 Å². The van der Waals surface area contributed by atoms with Crippen molar-refractivity contribution in [1.82, 2.24) is 26.6 Å². The van der Waals surface area contributed by atoms with E-state index < -0.39 is 60.1 Å². The summed E-state index contributed by atoms with van der Waals surface area (Å²) in [7, 11) is 1.51. The smallest absolute Gasteiger partial charge is 0.251 e. The molecule has 1 aliphatic rings. The summed E-state index contributed by atoms with van der Waals surface area (Å²) in [6.45, 7) is 3.89. The molecule has 56 heavy (non-hydrogen) atoms. The Balaban J connectivity index is 1.43. The van der Waals surface area contributed by atoms with Gasteiger partial charge in [0.15, 0.2) is 6.29 Å². The number of hydrogen-bond acceptors (Lipinski definition) is 9. The first kappa shape index (κ1) is 43.3. The zero-order valence-corrected chi connectivity index (χ0v) is 32.5. The summed E-state index contributed by atoms with van der Waals surface area (Å²) in [4.78, 5) is 66.3. The minimum absolute atomic E-state index is 0.0395. The molecule has 6 atom stereocenters. The fraction of sp³-hybridized carbons (Fsp3) is 0.357. The molecule has 0 unspecified atom stereocenters. The minimum atomic E-state index is -0.966. The summed E-state index contributed by atoms with van der Waals surface area (Å²) in [5.74, 6) is -1.89. The van der Waals surface area contributed by atoms with E-state index in [1.165, 1.54) is 19.2 Å². The van der Waals surface area contributed by atoms with E-state index >= 15 is 0 Å². The molecule has 0 fully saturated rings. The van der Waals surface area contributed by atoms with Gasteiger partial charge in [0.25, 0.3) is 5.91 Å². The maximum absolute atomic E-state index is 13.6.